The molecule has 0 bridgehead atoms. The fourth-order valence-corrected chi connectivity index (χ4v) is 1.60. The van der Waals surface area contributed by atoms with Gasteiger partial charge >= 0.3 is 6.18 Å². The maximum absolute atomic E-state index is 12.8. The van der Waals surface area contributed by atoms with Crippen LogP contribution in [0.5, 0.6) is 0 Å². The summed E-state index contributed by atoms with van der Waals surface area (Å²) in [5, 5.41) is 0. The molecule has 0 aliphatic heterocycles. The van der Waals surface area contributed by atoms with Gasteiger partial charge in [0.05, 0.1) is 5.56 Å². The van der Waals surface area contributed by atoms with E-state index in [1.165, 1.54) is 12.1 Å². The van der Waals surface area contributed by atoms with Crippen molar-refractivity contribution in [1.29, 1.82) is 0 Å². The maximum atomic E-state index is 12.8. The SMILES string of the molecule is CN(c1ccccc1C(F)(F)F)C(C)(C)CCl. The number of hydrogen-bond donors (Lipinski definition) is 0. The van der Waals surface area contributed by atoms with Crippen molar-refractivity contribution in [2.75, 3.05) is 17.8 Å². The first-order valence-electron chi connectivity index (χ1n) is 5.16. The van der Waals surface area contributed by atoms with Gasteiger partial charge in [0.1, 0.15) is 0 Å². The number of hydrogen-bond acceptors (Lipinski definition) is 1. The molecule has 1 aromatic rings. The van der Waals surface area contributed by atoms with Gasteiger partial charge in [0.15, 0.2) is 0 Å². The molecule has 0 heterocycles. The van der Waals surface area contributed by atoms with Gasteiger partial charge in [0.2, 0.25) is 0 Å². The van der Waals surface area contributed by atoms with Crippen LogP contribution < -0.4 is 4.90 Å². The number of para-hydroxylation sites is 1. The fourth-order valence-electron chi connectivity index (χ4n) is 1.42. The Kier molecular flexibility index (Phi) is 3.97. The van der Waals surface area contributed by atoms with E-state index in [0.29, 0.717) is 0 Å². The van der Waals surface area contributed by atoms with Crippen LogP contribution in [0.4, 0.5) is 18.9 Å². The molecule has 0 aliphatic carbocycles. The van der Waals surface area contributed by atoms with Crippen molar-refractivity contribution in [3.8, 4) is 0 Å². The summed E-state index contributed by atoms with van der Waals surface area (Å²) in [5.41, 5.74) is -1.03. The molecule has 0 aliphatic rings. The van der Waals surface area contributed by atoms with E-state index in [9.17, 15) is 13.2 Å². The molecule has 5 heteroatoms. The zero-order chi connectivity index (χ0) is 13.3. The summed E-state index contributed by atoms with van der Waals surface area (Å²) in [7, 11) is 1.62. The standard InChI is InChI=1S/C12H15ClF3N/c1-11(2,8-13)17(3)10-7-5-4-6-9(10)12(14,15)16/h4-7H,8H2,1-3H3. The number of rotatable bonds is 3. The van der Waals surface area contributed by atoms with E-state index in [4.69, 9.17) is 11.6 Å². The van der Waals surface area contributed by atoms with Gasteiger partial charge in [-0.15, -0.1) is 11.6 Å². The molecule has 0 radical (unpaired) electrons. The normalized spacial score (nSPS) is 12.6. The van der Waals surface area contributed by atoms with Gasteiger partial charge in [0, 0.05) is 24.2 Å². The Labute approximate surface area is 104 Å². The third-order valence-corrected chi connectivity index (χ3v) is 3.46. The summed E-state index contributed by atoms with van der Waals surface area (Å²) in [4.78, 5) is 1.56. The molecule has 0 spiro atoms. The van der Waals surface area contributed by atoms with E-state index in [1.807, 2.05) is 0 Å². The number of nitrogens with zero attached hydrogens (tertiary/aromatic N) is 1. The van der Waals surface area contributed by atoms with E-state index >= 15 is 0 Å². The van der Waals surface area contributed by atoms with Gasteiger partial charge in [-0.3, -0.25) is 0 Å². The van der Waals surface area contributed by atoms with Crippen molar-refractivity contribution >= 4 is 17.3 Å². The van der Waals surface area contributed by atoms with Crippen LogP contribution in [0.3, 0.4) is 0 Å². The van der Waals surface area contributed by atoms with Crippen molar-refractivity contribution in [2.45, 2.75) is 25.6 Å². The summed E-state index contributed by atoms with van der Waals surface area (Å²) in [6, 6.07) is 5.51. The highest BCUT2D eigenvalue weighted by Gasteiger charge is 2.36. The zero-order valence-electron chi connectivity index (χ0n) is 9.98. The Bertz CT molecular complexity index is 388. The summed E-state index contributed by atoms with van der Waals surface area (Å²) < 4.78 is 38.5. The highest BCUT2D eigenvalue weighted by atomic mass is 35.5. The predicted octanol–water partition coefficient (Wildman–Crippen LogP) is 4.16. The van der Waals surface area contributed by atoms with Gasteiger partial charge in [-0.05, 0) is 26.0 Å². The van der Waals surface area contributed by atoms with Gasteiger partial charge in [0.25, 0.3) is 0 Å². The van der Waals surface area contributed by atoms with Gasteiger partial charge in [-0.2, -0.15) is 13.2 Å². The lowest BCUT2D eigenvalue weighted by Gasteiger charge is -2.37. The third-order valence-electron chi connectivity index (χ3n) is 2.81. The molecule has 1 rings (SSSR count). The lowest BCUT2D eigenvalue weighted by atomic mass is 10.0. The lowest BCUT2D eigenvalue weighted by Crippen LogP contribution is -2.43. The summed E-state index contributed by atoms with van der Waals surface area (Å²) in [6.45, 7) is 3.60. The molecule has 96 valence electrons. The van der Waals surface area contributed by atoms with E-state index in [0.717, 1.165) is 6.07 Å². The summed E-state index contributed by atoms with van der Waals surface area (Å²) >= 11 is 5.78. The van der Waals surface area contributed by atoms with Crippen molar-refractivity contribution in [3.05, 3.63) is 29.8 Å². The monoisotopic (exact) mass is 265 g/mol. The smallest absolute Gasteiger partial charge is 0.368 e. The van der Waals surface area contributed by atoms with Crippen molar-refractivity contribution in [2.24, 2.45) is 0 Å². The Morgan fingerprint density at radius 1 is 1.18 bits per heavy atom. The largest absolute Gasteiger partial charge is 0.418 e. The molecule has 1 nitrogen and oxygen atoms in total. The minimum Gasteiger partial charge on any atom is -0.368 e. The molecule has 0 N–H and O–H groups in total. The van der Waals surface area contributed by atoms with Gasteiger partial charge < -0.3 is 4.90 Å². The van der Waals surface area contributed by atoms with Crippen LogP contribution in [0.2, 0.25) is 0 Å². The van der Waals surface area contributed by atoms with Crippen molar-refractivity contribution in [3.63, 3.8) is 0 Å². The number of benzene rings is 1. The molecule has 0 atom stereocenters. The van der Waals surface area contributed by atoms with Gasteiger partial charge in [-0.1, -0.05) is 12.1 Å². The van der Waals surface area contributed by atoms with Crippen LogP contribution in [0.15, 0.2) is 24.3 Å². The van der Waals surface area contributed by atoms with E-state index in [1.54, 1.807) is 31.9 Å². The second kappa shape index (κ2) is 4.77. The predicted molar refractivity (Wildman–Crippen MR) is 64.6 cm³/mol. The molecule has 0 saturated carbocycles. The van der Waals surface area contributed by atoms with Gasteiger partial charge in [-0.25, -0.2) is 0 Å². The average molecular weight is 266 g/mol. The van der Waals surface area contributed by atoms with Crippen LogP contribution in [-0.4, -0.2) is 18.5 Å². The molecular formula is C12H15ClF3N. The molecule has 0 amide bonds. The van der Waals surface area contributed by atoms with Crippen molar-refractivity contribution < 1.29 is 13.2 Å². The molecular weight excluding hydrogens is 251 g/mol. The molecule has 0 unspecified atom stereocenters. The topological polar surface area (TPSA) is 3.24 Å². The minimum atomic E-state index is -4.35. The Morgan fingerprint density at radius 3 is 2.18 bits per heavy atom. The Morgan fingerprint density at radius 2 is 1.71 bits per heavy atom. The zero-order valence-corrected chi connectivity index (χ0v) is 10.7. The molecule has 0 saturated heterocycles. The first-order valence-corrected chi connectivity index (χ1v) is 5.69. The van der Waals surface area contributed by atoms with E-state index < -0.39 is 17.3 Å². The third kappa shape index (κ3) is 3.06. The summed E-state index contributed by atoms with van der Waals surface area (Å²) in [6.07, 6.45) is -4.35. The maximum Gasteiger partial charge on any atom is 0.418 e. The molecule has 17 heavy (non-hydrogen) atoms. The number of halogens is 4. The fraction of sp³-hybridized carbons (Fsp3) is 0.500. The first-order chi connectivity index (χ1) is 7.70. The summed E-state index contributed by atoms with van der Waals surface area (Å²) in [5.74, 6) is 0.246. The Balaban J connectivity index is 3.23. The molecule has 1 aromatic carbocycles. The number of alkyl halides is 4. The van der Waals surface area contributed by atoms with Crippen molar-refractivity contribution in [1.82, 2.24) is 0 Å². The van der Waals surface area contributed by atoms with E-state index in [-0.39, 0.29) is 11.6 Å². The average Bonchev–Trinajstić information content (AvgIpc) is 2.27. The minimum absolute atomic E-state index is 0.144. The van der Waals surface area contributed by atoms with E-state index in [2.05, 4.69) is 0 Å². The van der Waals surface area contributed by atoms with Crippen LogP contribution in [-0.2, 0) is 6.18 Å². The van der Waals surface area contributed by atoms with Crippen LogP contribution in [0.1, 0.15) is 19.4 Å². The highest BCUT2D eigenvalue weighted by molar-refractivity contribution is 6.18. The van der Waals surface area contributed by atoms with Crippen LogP contribution in [0, 0.1) is 0 Å². The molecule has 0 fully saturated rings. The quantitative estimate of drug-likeness (QED) is 0.742. The Hall–Kier alpha value is -0.900. The van der Waals surface area contributed by atoms with Crippen LogP contribution in [0.25, 0.3) is 0 Å². The lowest BCUT2D eigenvalue weighted by molar-refractivity contribution is -0.137. The molecule has 0 aromatic heterocycles. The van der Waals surface area contributed by atoms with Crippen LogP contribution >= 0.6 is 11.6 Å². The highest BCUT2D eigenvalue weighted by Crippen LogP contribution is 2.38. The second-order valence-corrected chi connectivity index (χ2v) is 4.79. The first kappa shape index (κ1) is 14.2. The second-order valence-electron chi connectivity index (χ2n) is 4.52. The number of anilines is 1.